The zero-order valence-electron chi connectivity index (χ0n) is 15.4. The molecule has 5 nitrogen and oxygen atoms in total. The highest BCUT2D eigenvalue weighted by Gasteiger charge is 2.25. The summed E-state index contributed by atoms with van der Waals surface area (Å²) in [6, 6.07) is 16.5. The van der Waals surface area contributed by atoms with Crippen LogP contribution < -0.4 is 14.8 Å². The predicted molar refractivity (Wildman–Crippen MR) is 101 cm³/mol. The molecular formula is C21H26N2O3. The maximum Gasteiger partial charge on any atom is 0.221 e. The number of rotatable bonds is 7. The Bertz CT molecular complexity index is 664. The van der Waals surface area contributed by atoms with Gasteiger partial charge in [-0.15, -0.1) is 0 Å². The molecule has 1 amide bonds. The van der Waals surface area contributed by atoms with Crippen molar-refractivity contribution in [1.82, 2.24) is 10.2 Å². The Labute approximate surface area is 154 Å². The summed E-state index contributed by atoms with van der Waals surface area (Å²) < 4.78 is 10.5. The molecule has 2 aromatic rings. The molecule has 5 heteroatoms. The monoisotopic (exact) mass is 354 g/mol. The molecule has 1 aliphatic heterocycles. The Kier molecular flexibility index (Phi) is 6.12. The van der Waals surface area contributed by atoms with Gasteiger partial charge in [-0.25, -0.2) is 0 Å². The highest BCUT2D eigenvalue weighted by molar-refractivity contribution is 5.77. The number of ether oxygens (including phenoxy) is 2. The number of hydrogen-bond acceptors (Lipinski definition) is 4. The summed E-state index contributed by atoms with van der Waals surface area (Å²) in [5, 5.41) is 2.93. The van der Waals surface area contributed by atoms with Gasteiger partial charge < -0.3 is 14.8 Å². The Morgan fingerprint density at radius 1 is 0.923 bits per heavy atom. The van der Waals surface area contributed by atoms with E-state index in [1.54, 1.807) is 14.2 Å². The molecule has 1 fully saturated rings. The standard InChI is InChI=1S/C21H26N2O3/c1-25-19-7-3-16(4-8-19)14-23(18-11-12-22-21(24)13-18)15-17-5-9-20(26-2)10-6-17/h3-10,18H,11-15H2,1-2H3,(H,22,24). The van der Waals surface area contributed by atoms with Crippen LogP contribution in [-0.4, -0.2) is 37.6 Å². The molecule has 0 aromatic heterocycles. The fourth-order valence-electron chi connectivity index (χ4n) is 3.32. The number of hydrogen-bond donors (Lipinski definition) is 1. The molecule has 1 unspecified atom stereocenters. The maximum absolute atomic E-state index is 11.9. The van der Waals surface area contributed by atoms with E-state index in [1.165, 1.54) is 11.1 Å². The van der Waals surface area contributed by atoms with Crippen LogP contribution in [0.3, 0.4) is 0 Å². The van der Waals surface area contributed by atoms with Crippen molar-refractivity contribution in [1.29, 1.82) is 0 Å². The molecular weight excluding hydrogens is 328 g/mol. The van der Waals surface area contributed by atoms with Crippen molar-refractivity contribution in [2.45, 2.75) is 32.0 Å². The van der Waals surface area contributed by atoms with E-state index in [4.69, 9.17) is 9.47 Å². The second-order valence-corrected chi connectivity index (χ2v) is 6.60. The summed E-state index contributed by atoms with van der Waals surface area (Å²) in [6.45, 7) is 2.34. The molecule has 1 N–H and O–H groups in total. The Morgan fingerprint density at radius 3 is 1.85 bits per heavy atom. The zero-order chi connectivity index (χ0) is 18.4. The number of benzene rings is 2. The fraction of sp³-hybridized carbons (Fsp3) is 0.381. The van der Waals surface area contributed by atoms with Gasteiger partial charge in [0.2, 0.25) is 5.91 Å². The number of amides is 1. The van der Waals surface area contributed by atoms with Crippen LogP contribution in [0.4, 0.5) is 0 Å². The highest BCUT2D eigenvalue weighted by atomic mass is 16.5. The fourth-order valence-corrected chi connectivity index (χ4v) is 3.32. The number of piperidine rings is 1. The lowest BCUT2D eigenvalue weighted by molar-refractivity contribution is -0.124. The lowest BCUT2D eigenvalue weighted by Crippen LogP contribution is -2.45. The van der Waals surface area contributed by atoms with Gasteiger partial charge in [0.1, 0.15) is 11.5 Å². The molecule has 1 aliphatic rings. The number of carbonyl (C=O) groups excluding carboxylic acids is 1. The average Bonchev–Trinajstić information content (AvgIpc) is 2.68. The molecule has 0 spiro atoms. The van der Waals surface area contributed by atoms with E-state index in [0.717, 1.165) is 37.6 Å². The van der Waals surface area contributed by atoms with Gasteiger partial charge in [-0.3, -0.25) is 9.69 Å². The van der Waals surface area contributed by atoms with Crippen LogP contribution in [0, 0.1) is 0 Å². The lowest BCUT2D eigenvalue weighted by Gasteiger charge is -2.34. The van der Waals surface area contributed by atoms with Crippen LogP contribution in [0.1, 0.15) is 24.0 Å². The first-order valence-electron chi connectivity index (χ1n) is 8.94. The van der Waals surface area contributed by atoms with E-state index in [1.807, 2.05) is 24.3 Å². The molecule has 26 heavy (non-hydrogen) atoms. The van der Waals surface area contributed by atoms with Crippen LogP contribution in [0.25, 0.3) is 0 Å². The summed E-state index contributed by atoms with van der Waals surface area (Å²) in [4.78, 5) is 14.3. The van der Waals surface area contributed by atoms with Gasteiger partial charge in [0.05, 0.1) is 14.2 Å². The molecule has 1 atom stereocenters. The van der Waals surface area contributed by atoms with Gasteiger partial charge in [0, 0.05) is 32.1 Å². The summed E-state index contributed by atoms with van der Waals surface area (Å²) in [7, 11) is 3.34. The maximum atomic E-state index is 11.9. The van der Waals surface area contributed by atoms with Crippen LogP contribution in [0.2, 0.25) is 0 Å². The minimum atomic E-state index is 0.135. The average molecular weight is 354 g/mol. The Morgan fingerprint density at radius 2 is 1.42 bits per heavy atom. The zero-order valence-corrected chi connectivity index (χ0v) is 15.4. The molecule has 2 aromatic carbocycles. The first kappa shape index (κ1) is 18.3. The van der Waals surface area contributed by atoms with Gasteiger partial charge in [0.25, 0.3) is 0 Å². The van der Waals surface area contributed by atoms with Crippen LogP contribution in [0.15, 0.2) is 48.5 Å². The van der Waals surface area contributed by atoms with E-state index in [9.17, 15) is 4.79 Å². The lowest BCUT2D eigenvalue weighted by atomic mass is 10.0. The third-order valence-electron chi connectivity index (χ3n) is 4.83. The van der Waals surface area contributed by atoms with E-state index in [2.05, 4.69) is 34.5 Å². The SMILES string of the molecule is COc1ccc(CN(Cc2ccc(OC)cc2)C2CCNC(=O)C2)cc1. The molecule has 0 saturated carbocycles. The summed E-state index contributed by atoms with van der Waals surface area (Å²) in [5.74, 6) is 1.84. The minimum absolute atomic E-state index is 0.135. The Balaban J connectivity index is 1.76. The van der Waals surface area contributed by atoms with Crippen LogP contribution >= 0.6 is 0 Å². The first-order valence-corrected chi connectivity index (χ1v) is 8.94. The molecule has 3 rings (SSSR count). The van der Waals surface area contributed by atoms with Crippen molar-refractivity contribution in [2.75, 3.05) is 20.8 Å². The molecule has 138 valence electrons. The summed E-state index contributed by atoms with van der Waals surface area (Å²) >= 11 is 0. The minimum Gasteiger partial charge on any atom is -0.497 e. The normalized spacial score (nSPS) is 17.0. The van der Waals surface area contributed by atoms with Gasteiger partial charge in [0.15, 0.2) is 0 Å². The quantitative estimate of drug-likeness (QED) is 0.830. The largest absolute Gasteiger partial charge is 0.497 e. The smallest absolute Gasteiger partial charge is 0.221 e. The molecule has 0 radical (unpaired) electrons. The second kappa shape index (κ2) is 8.72. The topological polar surface area (TPSA) is 50.8 Å². The van der Waals surface area contributed by atoms with E-state index in [0.29, 0.717) is 6.42 Å². The van der Waals surface area contributed by atoms with Gasteiger partial charge in [-0.05, 0) is 41.8 Å². The Hall–Kier alpha value is -2.53. The van der Waals surface area contributed by atoms with Crippen molar-refractivity contribution in [2.24, 2.45) is 0 Å². The van der Waals surface area contributed by atoms with Crippen molar-refractivity contribution < 1.29 is 14.3 Å². The van der Waals surface area contributed by atoms with Crippen molar-refractivity contribution in [3.63, 3.8) is 0 Å². The molecule has 1 saturated heterocycles. The first-order chi connectivity index (χ1) is 12.7. The number of nitrogens with zero attached hydrogens (tertiary/aromatic N) is 1. The van der Waals surface area contributed by atoms with Gasteiger partial charge in [-0.1, -0.05) is 24.3 Å². The van der Waals surface area contributed by atoms with Crippen molar-refractivity contribution in [3.05, 3.63) is 59.7 Å². The third-order valence-corrected chi connectivity index (χ3v) is 4.83. The van der Waals surface area contributed by atoms with Gasteiger partial charge in [-0.2, -0.15) is 0 Å². The van der Waals surface area contributed by atoms with E-state index >= 15 is 0 Å². The molecule has 0 aliphatic carbocycles. The van der Waals surface area contributed by atoms with Crippen LogP contribution in [-0.2, 0) is 17.9 Å². The third kappa shape index (κ3) is 4.76. The van der Waals surface area contributed by atoms with E-state index in [-0.39, 0.29) is 11.9 Å². The summed E-state index contributed by atoms with van der Waals surface area (Å²) in [5.41, 5.74) is 2.43. The number of methoxy groups -OCH3 is 2. The van der Waals surface area contributed by atoms with Gasteiger partial charge >= 0.3 is 0 Å². The summed E-state index contributed by atoms with van der Waals surface area (Å²) in [6.07, 6.45) is 1.52. The molecule has 0 bridgehead atoms. The highest BCUT2D eigenvalue weighted by Crippen LogP contribution is 2.22. The number of carbonyl (C=O) groups is 1. The van der Waals surface area contributed by atoms with E-state index < -0.39 is 0 Å². The molecule has 1 heterocycles. The predicted octanol–water partition coefficient (Wildman–Crippen LogP) is 2.98. The van der Waals surface area contributed by atoms with Crippen LogP contribution in [0.5, 0.6) is 11.5 Å². The second-order valence-electron chi connectivity index (χ2n) is 6.60. The van der Waals surface area contributed by atoms with Crippen molar-refractivity contribution in [3.8, 4) is 11.5 Å². The van der Waals surface area contributed by atoms with Crippen molar-refractivity contribution >= 4 is 5.91 Å². The number of nitrogens with one attached hydrogen (secondary N) is 1.